The molecule has 3 unspecified atom stereocenters. The lowest BCUT2D eigenvalue weighted by molar-refractivity contribution is -0.0697. The minimum atomic E-state index is -0.0862. The smallest absolute Gasteiger partial charge is 0.0840 e. The summed E-state index contributed by atoms with van der Waals surface area (Å²) in [7, 11) is 0. The molecule has 156 valence electrons. The molecule has 3 heteroatoms. The van der Waals surface area contributed by atoms with E-state index in [2.05, 4.69) is 106 Å². The van der Waals surface area contributed by atoms with Crippen molar-refractivity contribution in [2.45, 2.75) is 69.0 Å². The third kappa shape index (κ3) is 5.12. The molecule has 1 aliphatic heterocycles. The highest BCUT2D eigenvalue weighted by atomic mass is 127. The molecule has 0 radical (unpaired) electrons. The number of hydrogen-bond acceptors (Lipinski definition) is 2. The number of allylic oxidation sites excluding steroid dienone is 1. The topological polar surface area (TPSA) is 29.5 Å². The van der Waals surface area contributed by atoms with Gasteiger partial charge in [-0.15, -0.1) is 0 Å². The summed E-state index contributed by atoms with van der Waals surface area (Å²) in [6.07, 6.45) is 4.24. The highest BCUT2D eigenvalue weighted by Gasteiger charge is 2.31. The van der Waals surface area contributed by atoms with Crippen LogP contribution >= 0.6 is 22.6 Å². The normalized spacial score (nSPS) is 23.3. The number of aliphatic hydroxyl groups is 1. The van der Waals surface area contributed by atoms with Crippen molar-refractivity contribution >= 4 is 28.7 Å². The van der Waals surface area contributed by atoms with Crippen molar-refractivity contribution in [3.63, 3.8) is 0 Å². The first-order valence-electron chi connectivity index (χ1n) is 10.5. The minimum absolute atomic E-state index is 0.0543. The Morgan fingerprint density at radius 1 is 1.14 bits per heavy atom. The van der Waals surface area contributed by atoms with Crippen LogP contribution in [0.4, 0.5) is 0 Å². The van der Waals surface area contributed by atoms with Crippen molar-refractivity contribution in [3.05, 3.63) is 75.9 Å². The molecular weight excluding hydrogens is 471 g/mol. The predicted molar refractivity (Wildman–Crippen MR) is 131 cm³/mol. The molecule has 0 aromatic heterocycles. The van der Waals surface area contributed by atoms with Gasteiger partial charge in [-0.2, -0.15) is 0 Å². The molecule has 1 aliphatic rings. The van der Waals surface area contributed by atoms with E-state index in [9.17, 15) is 5.11 Å². The molecule has 0 saturated carbocycles. The van der Waals surface area contributed by atoms with Gasteiger partial charge in [-0.05, 0) is 61.4 Å². The molecule has 2 nitrogen and oxygen atoms in total. The summed E-state index contributed by atoms with van der Waals surface area (Å²) < 4.78 is 6.73. The molecule has 1 heterocycles. The van der Waals surface area contributed by atoms with E-state index in [0.717, 1.165) is 12.8 Å². The van der Waals surface area contributed by atoms with Crippen LogP contribution in [0, 0.1) is 13.8 Å². The SMILES string of the molecule is C/C(=C\c1ccccc1C)C(C)(C)c1cc(C2CC(I)CC(CO)O2)ccc1C. The Morgan fingerprint density at radius 3 is 2.55 bits per heavy atom. The van der Waals surface area contributed by atoms with Crippen LogP contribution in [0.15, 0.2) is 48.0 Å². The maximum absolute atomic E-state index is 9.60. The Bertz CT molecular complexity index is 884. The van der Waals surface area contributed by atoms with Crippen LogP contribution in [-0.4, -0.2) is 21.7 Å². The molecule has 3 atom stereocenters. The van der Waals surface area contributed by atoms with Crippen molar-refractivity contribution < 1.29 is 9.84 Å². The Hall–Kier alpha value is -1.17. The molecule has 1 fully saturated rings. The summed E-state index contributed by atoms with van der Waals surface area (Å²) in [6, 6.07) is 15.3. The second-order valence-electron chi connectivity index (χ2n) is 8.88. The van der Waals surface area contributed by atoms with Crippen LogP contribution in [0.5, 0.6) is 0 Å². The Morgan fingerprint density at radius 2 is 1.86 bits per heavy atom. The highest BCUT2D eigenvalue weighted by molar-refractivity contribution is 14.1. The molecular formula is C26H33IO2. The summed E-state index contributed by atoms with van der Waals surface area (Å²) >= 11 is 2.49. The number of rotatable bonds is 5. The average Bonchev–Trinajstić information content (AvgIpc) is 2.69. The summed E-state index contributed by atoms with van der Waals surface area (Å²) in [6.45, 7) is 11.3. The minimum Gasteiger partial charge on any atom is -0.394 e. The van der Waals surface area contributed by atoms with Crippen molar-refractivity contribution in [1.29, 1.82) is 0 Å². The molecule has 2 aromatic carbocycles. The fourth-order valence-electron chi connectivity index (χ4n) is 4.18. The van der Waals surface area contributed by atoms with Crippen LogP contribution in [0.2, 0.25) is 0 Å². The van der Waals surface area contributed by atoms with Crippen molar-refractivity contribution in [2.24, 2.45) is 0 Å². The van der Waals surface area contributed by atoms with E-state index in [-0.39, 0.29) is 24.2 Å². The summed E-state index contributed by atoms with van der Waals surface area (Å²) in [4.78, 5) is 0. The van der Waals surface area contributed by atoms with E-state index >= 15 is 0 Å². The summed E-state index contributed by atoms with van der Waals surface area (Å²) in [5, 5.41) is 9.60. The van der Waals surface area contributed by atoms with Gasteiger partial charge in [0.2, 0.25) is 0 Å². The zero-order valence-corrected chi connectivity index (χ0v) is 20.4. The first-order valence-corrected chi connectivity index (χ1v) is 11.7. The fourth-order valence-corrected chi connectivity index (χ4v) is 5.21. The van der Waals surface area contributed by atoms with Crippen molar-refractivity contribution in [2.75, 3.05) is 6.61 Å². The predicted octanol–water partition coefficient (Wildman–Crippen LogP) is 6.70. The number of alkyl halides is 1. The molecule has 0 aliphatic carbocycles. The second-order valence-corrected chi connectivity index (χ2v) is 10.6. The summed E-state index contributed by atoms with van der Waals surface area (Å²) in [5.41, 5.74) is 7.71. The highest BCUT2D eigenvalue weighted by Crippen LogP contribution is 2.39. The maximum Gasteiger partial charge on any atom is 0.0840 e. The lowest BCUT2D eigenvalue weighted by Crippen LogP contribution is -2.31. The van der Waals surface area contributed by atoms with E-state index < -0.39 is 0 Å². The van der Waals surface area contributed by atoms with Gasteiger partial charge < -0.3 is 9.84 Å². The van der Waals surface area contributed by atoms with E-state index in [1.807, 2.05) is 0 Å². The van der Waals surface area contributed by atoms with Crippen molar-refractivity contribution in [3.8, 4) is 0 Å². The average molecular weight is 504 g/mol. The number of hydrogen-bond donors (Lipinski definition) is 1. The first kappa shape index (κ1) is 22.5. The molecule has 3 rings (SSSR count). The van der Waals surface area contributed by atoms with Crippen LogP contribution in [0.1, 0.15) is 67.5 Å². The van der Waals surface area contributed by atoms with Gasteiger partial charge in [0.15, 0.2) is 0 Å². The van der Waals surface area contributed by atoms with Gasteiger partial charge in [-0.1, -0.05) is 90.6 Å². The number of aliphatic hydroxyl groups excluding tert-OH is 1. The Balaban J connectivity index is 1.95. The Labute approximate surface area is 189 Å². The lowest BCUT2D eigenvalue weighted by Gasteiger charge is -2.34. The zero-order valence-electron chi connectivity index (χ0n) is 18.2. The number of halogens is 1. The van der Waals surface area contributed by atoms with E-state index in [0.29, 0.717) is 3.92 Å². The van der Waals surface area contributed by atoms with Gasteiger partial charge in [0.05, 0.1) is 18.8 Å². The van der Waals surface area contributed by atoms with Crippen LogP contribution < -0.4 is 0 Å². The van der Waals surface area contributed by atoms with Gasteiger partial charge in [-0.25, -0.2) is 0 Å². The second kappa shape index (κ2) is 9.32. The number of benzene rings is 2. The summed E-state index contributed by atoms with van der Waals surface area (Å²) in [5.74, 6) is 0. The van der Waals surface area contributed by atoms with E-state index in [4.69, 9.17) is 4.74 Å². The van der Waals surface area contributed by atoms with Crippen molar-refractivity contribution in [1.82, 2.24) is 0 Å². The van der Waals surface area contributed by atoms with Gasteiger partial charge in [0.25, 0.3) is 0 Å². The lowest BCUT2D eigenvalue weighted by atomic mass is 9.75. The third-order valence-electron chi connectivity index (χ3n) is 6.40. The van der Waals surface area contributed by atoms with Gasteiger partial charge in [0, 0.05) is 9.34 Å². The molecule has 2 aromatic rings. The zero-order chi connectivity index (χ0) is 21.2. The van der Waals surface area contributed by atoms with Crippen LogP contribution in [0.25, 0.3) is 6.08 Å². The molecule has 0 spiro atoms. The van der Waals surface area contributed by atoms with Gasteiger partial charge >= 0.3 is 0 Å². The Kier molecular flexibility index (Phi) is 7.23. The van der Waals surface area contributed by atoms with Gasteiger partial charge in [0.1, 0.15) is 0 Å². The number of aryl methyl sites for hydroxylation is 2. The molecule has 0 amide bonds. The molecule has 1 saturated heterocycles. The standard InChI is InChI=1S/C26H33IO2/c1-17-8-6-7-9-20(17)12-19(3)26(4,5)24-13-21(11-10-18(24)2)25-15-22(27)14-23(16-28)29-25/h6-13,22-23,25,28H,14-16H2,1-5H3/b19-12+. The maximum atomic E-state index is 9.60. The largest absolute Gasteiger partial charge is 0.394 e. The third-order valence-corrected chi connectivity index (χ3v) is 7.42. The van der Waals surface area contributed by atoms with Gasteiger partial charge in [-0.3, -0.25) is 0 Å². The van der Waals surface area contributed by atoms with E-state index in [1.165, 1.54) is 33.4 Å². The molecule has 1 N–H and O–H groups in total. The first-order chi connectivity index (χ1) is 13.7. The molecule has 0 bridgehead atoms. The van der Waals surface area contributed by atoms with Crippen LogP contribution in [0.3, 0.4) is 0 Å². The molecule has 29 heavy (non-hydrogen) atoms. The fraction of sp³-hybridized carbons (Fsp3) is 0.462. The van der Waals surface area contributed by atoms with Crippen LogP contribution in [-0.2, 0) is 10.2 Å². The quantitative estimate of drug-likeness (QED) is 0.363. The van der Waals surface area contributed by atoms with E-state index in [1.54, 1.807) is 0 Å². The monoisotopic (exact) mass is 504 g/mol. The number of ether oxygens (including phenoxy) is 1.